The van der Waals surface area contributed by atoms with Crippen molar-refractivity contribution in [3.63, 3.8) is 0 Å². The highest BCUT2D eigenvalue weighted by Gasteiger charge is 2.12. The smallest absolute Gasteiger partial charge is 0.125 e. The zero-order chi connectivity index (χ0) is 18.9. The first-order chi connectivity index (χ1) is 13.8. The zero-order valence-electron chi connectivity index (χ0n) is 15.4. The van der Waals surface area contributed by atoms with Crippen molar-refractivity contribution in [1.82, 2.24) is 20.1 Å². The first-order valence-corrected chi connectivity index (χ1v) is 9.49. The lowest BCUT2D eigenvalue weighted by Gasteiger charge is -2.29. The molecule has 0 saturated carbocycles. The fraction of sp³-hybridized carbons (Fsp3) is 0.182. The van der Waals surface area contributed by atoms with Gasteiger partial charge < -0.3 is 19.9 Å². The van der Waals surface area contributed by atoms with Crippen molar-refractivity contribution in [1.29, 1.82) is 0 Å². The molecule has 0 bridgehead atoms. The molecule has 2 aromatic heterocycles. The molecule has 2 N–H and O–H groups in total. The van der Waals surface area contributed by atoms with Crippen molar-refractivity contribution in [2.75, 3.05) is 31.1 Å². The van der Waals surface area contributed by atoms with Crippen LogP contribution in [0.5, 0.6) is 5.75 Å². The average molecular weight is 371 g/mol. The third-order valence-electron chi connectivity index (χ3n) is 5.23. The Labute approximate surface area is 163 Å². The van der Waals surface area contributed by atoms with Crippen LogP contribution in [0.25, 0.3) is 28.0 Å². The number of para-hydroxylation sites is 1. The van der Waals surface area contributed by atoms with Gasteiger partial charge in [0.1, 0.15) is 11.3 Å². The first kappa shape index (κ1) is 16.8. The largest absolute Gasteiger partial charge is 0.507 e. The summed E-state index contributed by atoms with van der Waals surface area (Å²) in [4.78, 5) is 2.40. The summed E-state index contributed by atoms with van der Waals surface area (Å²) in [5.41, 5.74) is 5.44. The predicted octanol–water partition coefficient (Wildman–Crippen LogP) is 3.20. The maximum Gasteiger partial charge on any atom is 0.125 e. The number of fused-ring (bicyclic) bond motifs is 1. The van der Waals surface area contributed by atoms with Gasteiger partial charge in [-0.1, -0.05) is 12.1 Å². The molecular formula is C22H21N5O. The number of rotatable bonds is 3. The lowest BCUT2D eigenvalue weighted by atomic mass is 10.1. The quantitative estimate of drug-likeness (QED) is 0.579. The molecule has 6 heteroatoms. The number of hydrogen-bond donors (Lipinski definition) is 2. The second-order valence-corrected chi connectivity index (χ2v) is 6.96. The molecule has 1 aliphatic heterocycles. The molecule has 0 aliphatic carbocycles. The highest BCUT2D eigenvalue weighted by atomic mass is 16.3. The van der Waals surface area contributed by atoms with Crippen molar-refractivity contribution < 1.29 is 5.11 Å². The van der Waals surface area contributed by atoms with E-state index in [1.807, 2.05) is 30.5 Å². The highest BCUT2D eigenvalue weighted by molar-refractivity contribution is 5.82. The molecule has 140 valence electrons. The van der Waals surface area contributed by atoms with Crippen LogP contribution >= 0.6 is 0 Å². The number of phenolic OH excluding ortho intramolecular Hbond substituents is 1. The van der Waals surface area contributed by atoms with Crippen molar-refractivity contribution in [3.8, 4) is 22.7 Å². The monoisotopic (exact) mass is 371 g/mol. The molecule has 1 saturated heterocycles. The molecule has 0 radical (unpaired) electrons. The van der Waals surface area contributed by atoms with Gasteiger partial charge in [-0.05, 0) is 48.5 Å². The van der Waals surface area contributed by atoms with Gasteiger partial charge in [-0.15, -0.1) is 10.2 Å². The van der Waals surface area contributed by atoms with Crippen LogP contribution in [0.2, 0.25) is 0 Å². The van der Waals surface area contributed by atoms with Gasteiger partial charge in [-0.25, -0.2) is 0 Å². The zero-order valence-corrected chi connectivity index (χ0v) is 15.4. The van der Waals surface area contributed by atoms with Crippen LogP contribution in [0.1, 0.15) is 0 Å². The Hall–Kier alpha value is -3.38. The number of nitrogens with one attached hydrogen (secondary N) is 1. The molecule has 0 amide bonds. The lowest BCUT2D eigenvalue weighted by molar-refractivity contribution is 0.477. The van der Waals surface area contributed by atoms with Crippen molar-refractivity contribution in [2.45, 2.75) is 0 Å². The molecule has 0 unspecified atom stereocenters. The van der Waals surface area contributed by atoms with E-state index in [0.717, 1.165) is 42.9 Å². The summed E-state index contributed by atoms with van der Waals surface area (Å²) >= 11 is 0. The number of piperazine rings is 1. The minimum absolute atomic E-state index is 0.203. The van der Waals surface area contributed by atoms with Gasteiger partial charge in [0.15, 0.2) is 0 Å². The van der Waals surface area contributed by atoms with Crippen LogP contribution in [-0.4, -0.2) is 46.1 Å². The van der Waals surface area contributed by atoms with Gasteiger partial charge in [-0.3, -0.25) is 0 Å². The highest BCUT2D eigenvalue weighted by Crippen LogP contribution is 2.29. The third-order valence-corrected chi connectivity index (χ3v) is 5.23. The van der Waals surface area contributed by atoms with Crippen LogP contribution in [-0.2, 0) is 0 Å². The van der Waals surface area contributed by atoms with E-state index in [9.17, 15) is 5.11 Å². The van der Waals surface area contributed by atoms with Crippen molar-refractivity contribution in [2.24, 2.45) is 0 Å². The Bertz CT molecular complexity index is 1110. The van der Waals surface area contributed by atoms with E-state index in [1.165, 1.54) is 5.69 Å². The van der Waals surface area contributed by atoms with Gasteiger partial charge in [0.25, 0.3) is 0 Å². The van der Waals surface area contributed by atoms with E-state index in [1.54, 1.807) is 12.1 Å². The Kier molecular flexibility index (Phi) is 4.18. The van der Waals surface area contributed by atoms with Gasteiger partial charge in [0.2, 0.25) is 0 Å². The Morgan fingerprint density at radius 1 is 0.857 bits per heavy atom. The Balaban J connectivity index is 1.52. The fourth-order valence-corrected chi connectivity index (χ4v) is 3.72. The average Bonchev–Trinajstić information content (AvgIpc) is 3.18. The summed E-state index contributed by atoms with van der Waals surface area (Å²) in [7, 11) is 0. The van der Waals surface area contributed by atoms with Crippen LogP contribution in [0, 0.1) is 0 Å². The van der Waals surface area contributed by atoms with Crippen LogP contribution in [0.15, 0.2) is 66.9 Å². The van der Waals surface area contributed by atoms with E-state index in [-0.39, 0.29) is 5.75 Å². The minimum Gasteiger partial charge on any atom is -0.507 e. The molecule has 4 aromatic rings. The van der Waals surface area contributed by atoms with Crippen molar-refractivity contribution in [3.05, 3.63) is 66.9 Å². The number of anilines is 1. The molecule has 0 atom stereocenters. The summed E-state index contributed by atoms with van der Waals surface area (Å²) in [5.74, 6) is 0.203. The predicted molar refractivity (Wildman–Crippen MR) is 111 cm³/mol. The van der Waals surface area contributed by atoms with Crippen molar-refractivity contribution >= 4 is 16.7 Å². The number of aromatic nitrogens is 3. The summed E-state index contributed by atoms with van der Waals surface area (Å²) < 4.78 is 2.11. The molecule has 0 spiro atoms. The lowest BCUT2D eigenvalue weighted by Crippen LogP contribution is -2.43. The Morgan fingerprint density at radius 3 is 2.39 bits per heavy atom. The van der Waals surface area contributed by atoms with E-state index in [2.05, 4.69) is 49.2 Å². The number of benzene rings is 2. The van der Waals surface area contributed by atoms with E-state index in [4.69, 9.17) is 0 Å². The molecule has 1 fully saturated rings. The Morgan fingerprint density at radius 2 is 1.61 bits per heavy atom. The standard InChI is InChI=1S/C22H21N5O/c28-22-4-2-1-3-18(22)20-15-21-19(24-25-20)9-12-27(21)17-7-5-16(6-8-17)26-13-10-23-11-14-26/h1-9,12,15,23,28H,10-11,13-14H2. The fourth-order valence-electron chi connectivity index (χ4n) is 3.72. The molecule has 1 aliphatic rings. The van der Waals surface area contributed by atoms with Gasteiger partial charge in [0, 0.05) is 49.3 Å². The third kappa shape index (κ3) is 2.97. The molecule has 5 rings (SSSR count). The van der Waals surface area contributed by atoms with Gasteiger partial charge in [-0.2, -0.15) is 0 Å². The van der Waals surface area contributed by atoms with Crippen LogP contribution in [0.3, 0.4) is 0 Å². The number of aromatic hydroxyl groups is 1. The summed E-state index contributed by atoms with van der Waals surface area (Å²) in [6.07, 6.45) is 2.01. The SMILES string of the molecule is Oc1ccccc1-c1cc2c(ccn2-c2ccc(N3CCNCC3)cc2)nn1. The van der Waals surface area contributed by atoms with Gasteiger partial charge in [0.05, 0.1) is 11.2 Å². The molecular weight excluding hydrogens is 350 g/mol. The maximum absolute atomic E-state index is 10.1. The maximum atomic E-state index is 10.1. The topological polar surface area (TPSA) is 66.2 Å². The van der Waals surface area contributed by atoms with Gasteiger partial charge >= 0.3 is 0 Å². The minimum atomic E-state index is 0.203. The summed E-state index contributed by atoms with van der Waals surface area (Å²) in [6.45, 7) is 4.12. The summed E-state index contributed by atoms with van der Waals surface area (Å²) in [5, 5.41) is 22.2. The molecule has 6 nitrogen and oxygen atoms in total. The van der Waals surface area contributed by atoms with E-state index < -0.39 is 0 Å². The first-order valence-electron chi connectivity index (χ1n) is 9.49. The number of phenols is 1. The van der Waals surface area contributed by atoms with E-state index >= 15 is 0 Å². The number of nitrogens with zero attached hydrogens (tertiary/aromatic N) is 4. The molecule has 3 heterocycles. The summed E-state index contributed by atoms with van der Waals surface area (Å²) in [6, 6.07) is 19.7. The number of hydrogen-bond acceptors (Lipinski definition) is 5. The van der Waals surface area contributed by atoms with Crippen LogP contribution < -0.4 is 10.2 Å². The molecule has 28 heavy (non-hydrogen) atoms. The van der Waals surface area contributed by atoms with Crippen LogP contribution in [0.4, 0.5) is 5.69 Å². The second-order valence-electron chi connectivity index (χ2n) is 6.96. The second kappa shape index (κ2) is 6.98. The molecule has 2 aromatic carbocycles. The normalized spacial score (nSPS) is 14.5. The van der Waals surface area contributed by atoms with E-state index in [0.29, 0.717) is 11.3 Å².